The Balaban J connectivity index is 1.75. The highest BCUT2D eigenvalue weighted by atomic mass is 35.5. The molecule has 5 aromatic rings. The van der Waals surface area contributed by atoms with Crippen LogP contribution in [0.15, 0.2) is 76.4 Å². The number of halogens is 5. The molecule has 0 aliphatic rings. The zero-order chi connectivity index (χ0) is 26.5. The van der Waals surface area contributed by atoms with Gasteiger partial charge in [0, 0.05) is 28.9 Å². The molecule has 0 saturated carbocycles. The van der Waals surface area contributed by atoms with Gasteiger partial charge in [-0.25, -0.2) is 14.2 Å². The van der Waals surface area contributed by atoms with Crippen molar-refractivity contribution in [2.45, 2.75) is 12.7 Å². The summed E-state index contributed by atoms with van der Waals surface area (Å²) in [5, 5.41) is 5.45. The second-order valence-corrected chi connectivity index (χ2v) is 9.09. The van der Waals surface area contributed by atoms with Crippen LogP contribution in [0.4, 0.5) is 13.2 Å². The fraction of sp³-hybridized carbons (Fsp3) is 0.120. The molecule has 7 nitrogen and oxygen atoms in total. The smallest absolute Gasteiger partial charge is 0.267 e. The van der Waals surface area contributed by atoms with Gasteiger partial charge in [0.05, 0.1) is 12.1 Å². The molecule has 0 N–H and O–H groups in total. The Morgan fingerprint density at radius 2 is 1.41 bits per heavy atom. The van der Waals surface area contributed by atoms with E-state index in [1.165, 1.54) is 13.1 Å². The Bertz CT molecular complexity index is 1740. The van der Waals surface area contributed by atoms with E-state index in [9.17, 15) is 22.8 Å². The van der Waals surface area contributed by atoms with Gasteiger partial charge in [0.2, 0.25) is 0 Å². The molecule has 0 unspecified atom stereocenters. The highest BCUT2D eigenvalue weighted by Crippen LogP contribution is 2.33. The number of hydrogen-bond acceptors (Lipinski definition) is 4. The van der Waals surface area contributed by atoms with Crippen LogP contribution in [0.2, 0.25) is 10.0 Å². The summed E-state index contributed by atoms with van der Waals surface area (Å²) in [5.74, 6) is 0. The lowest BCUT2D eigenvalue weighted by Gasteiger charge is -2.13. The van der Waals surface area contributed by atoms with E-state index in [0.717, 1.165) is 26.1 Å². The number of aromatic nitrogens is 5. The minimum absolute atomic E-state index is 0.157. The molecule has 0 fully saturated rings. The van der Waals surface area contributed by atoms with Crippen LogP contribution >= 0.6 is 23.2 Å². The molecule has 37 heavy (non-hydrogen) atoms. The maximum atomic E-state index is 13.6. The number of fused-ring (bicyclic) bond motifs is 1. The molecule has 2 aromatic carbocycles. The number of rotatable bonds is 4. The summed E-state index contributed by atoms with van der Waals surface area (Å²) in [7, 11) is 1.44. The number of benzene rings is 2. The molecule has 0 aliphatic heterocycles. The predicted octanol–water partition coefficient (Wildman–Crippen LogP) is 5.30. The zero-order valence-electron chi connectivity index (χ0n) is 19.0. The molecular weight excluding hydrogens is 530 g/mol. The second-order valence-electron chi connectivity index (χ2n) is 8.22. The molecule has 0 saturated heterocycles. The highest BCUT2D eigenvalue weighted by molar-refractivity contribution is 6.31. The van der Waals surface area contributed by atoms with E-state index in [1.807, 2.05) is 0 Å². The third kappa shape index (κ3) is 4.54. The molecule has 0 bridgehead atoms. The van der Waals surface area contributed by atoms with Crippen molar-refractivity contribution in [1.82, 2.24) is 24.0 Å². The maximum Gasteiger partial charge on any atom is 0.433 e. The van der Waals surface area contributed by atoms with Gasteiger partial charge in [-0.3, -0.25) is 9.78 Å². The van der Waals surface area contributed by atoms with Crippen molar-refractivity contribution in [3.63, 3.8) is 0 Å². The topological polar surface area (TPSA) is 74.2 Å². The average molecular weight is 546 g/mol. The summed E-state index contributed by atoms with van der Waals surface area (Å²) in [6.07, 6.45) is -3.54. The molecule has 0 aliphatic carbocycles. The Morgan fingerprint density at radius 3 is 1.92 bits per heavy atom. The van der Waals surface area contributed by atoms with Crippen molar-refractivity contribution < 1.29 is 13.2 Å². The Labute approximate surface area is 216 Å². The summed E-state index contributed by atoms with van der Waals surface area (Å²) in [4.78, 5) is 30.3. The lowest BCUT2D eigenvalue weighted by Crippen LogP contribution is -2.33. The fourth-order valence-corrected chi connectivity index (χ4v) is 4.29. The summed E-state index contributed by atoms with van der Waals surface area (Å²) < 4.78 is 42.0. The van der Waals surface area contributed by atoms with Crippen LogP contribution in [0.5, 0.6) is 0 Å². The van der Waals surface area contributed by atoms with E-state index in [0.29, 0.717) is 37.9 Å². The van der Waals surface area contributed by atoms with Crippen molar-refractivity contribution in [1.29, 1.82) is 0 Å². The average Bonchev–Trinajstić information content (AvgIpc) is 3.18. The van der Waals surface area contributed by atoms with E-state index in [1.54, 1.807) is 48.5 Å². The number of nitrogens with zero attached hydrogens (tertiary/aromatic N) is 5. The van der Waals surface area contributed by atoms with Gasteiger partial charge in [0.15, 0.2) is 5.65 Å². The first-order valence-electron chi connectivity index (χ1n) is 10.8. The van der Waals surface area contributed by atoms with Crippen LogP contribution in [0.3, 0.4) is 0 Å². The monoisotopic (exact) mass is 545 g/mol. The number of hydrogen-bond donors (Lipinski definition) is 0. The van der Waals surface area contributed by atoms with Crippen LogP contribution < -0.4 is 11.2 Å². The third-order valence-electron chi connectivity index (χ3n) is 5.81. The Morgan fingerprint density at radius 1 is 0.838 bits per heavy atom. The van der Waals surface area contributed by atoms with Gasteiger partial charge in [0.1, 0.15) is 5.69 Å². The number of alkyl halides is 3. The van der Waals surface area contributed by atoms with Gasteiger partial charge >= 0.3 is 11.9 Å². The molecule has 5 rings (SSSR count). The molecule has 0 amide bonds. The SMILES string of the molecule is Cn1c(=O)c(-c2ccc(Cl)cc2)c(-c2ccc(Cl)cc2)c2nn(Cc3ccc(C(F)(F)F)nc3)c(=O)n21. The summed E-state index contributed by atoms with van der Waals surface area (Å²) >= 11 is 12.1. The Hall–Kier alpha value is -3.89. The van der Waals surface area contributed by atoms with E-state index in [4.69, 9.17) is 23.2 Å². The normalized spacial score (nSPS) is 11.8. The predicted molar refractivity (Wildman–Crippen MR) is 134 cm³/mol. The molecule has 12 heteroatoms. The molecule has 3 aromatic heterocycles. The first kappa shape index (κ1) is 24.8. The molecule has 3 heterocycles. The van der Waals surface area contributed by atoms with Crippen LogP contribution in [0.1, 0.15) is 11.3 Å². The summed E-state index contributed by atoms with van der Waals surface area (Å²) in [6.45, 7) is -0.157. The van der Waals surface area contributed by atoms with Crippen molar-refractivity contribution in [2.24, 2.45) is 7.05 Å². The van der Waals surface area contributed by atoms with Crippen molar-refractivity contribution in [3.8, 4) is 22.3 Å². The number of pyridine rings is 1. The summed E-state index contributed by atoms with van der Waals surface area (Å²) in [5.41, 5.74) is 0.194. The van der Waals surface area contributed by atoms with Crippen LogP contribution in [0.25, 0.3) is 27.9 Å². The van der Waals surface area contributed by atoms with Crippen molar-refractivity contribution in [2.75, 3.05) is 0 Å². The van der Waals surface area contributed by atoms with E-state index in [2.05, 4.69) is 10.1 Å². The molecular formula is C25H16Cl2F3N5O2. The highest BCUT2D eigenvalue weighted by Gasteiger charge is 2.32. The largest absolute Gasteiger partial charge is 0.433 e. The van der Waals surface area contributed by atoms with E-state index < -0.39 is 23.1 Å². The quantitative estimate of drug-likeness (QED) is 0.307. The van der Waals surface area contributed by atoms with Gasteiger partial charge < -0.3 is 0 Å². The van der Waals surface area contributed by atoms with Crippen molar-refractivity contribution >= 4 is 28.8 Å². The molecule has 0 atom stereocenters. The molecule has 188 valence electrons. The van der Waals surface area contributed by atoms with Gasteiger partial charge in [-0.05, 0) is 47.0 Å². The Kier molecular flexibility index (Phi) is 6.17. The number of aryl methyl sites for hydroxylation is 1. The van der Waals surface area contributed by atoms with E-state index >= 15 is 0 Å². The van der Waals surface area contributed by atoms with E-state index in [-0.39, 0.29) is 12.2 Å². The fourth-order valence-electron chi connectivity index (χ4n) is 4.03. The second kappa shape index (κ2) is 9.20. The van der Waals surface area contributed by atoms with Crippen LogP contribution in [0, 0.1) is 0 Å². The minimum Gasteiger partial charge on any atom is -0.267 e. The molecule has 0 spiro atoms. The lowest BCUT2D eigenvalue weighted by atomic mass is 9.96. The first-order chi connectivity index (χ1) is 17.5. The standard InChI is InChI=1S/C25H16Cl2F3N5O2/c1-33-23(36)21(16-5-9-18(27)10-6-16)20(15-3-7-17(26)8-4-15)22-32-34(24(37)35(22)33)13-14-2-11-19(31-12-14)25(28,29)30/h2-12H,13H2,1H3. The minimum atomic E-state index is -4.58. The maximum absolute atomic E-state index is 13.6. The van der Waals surface area contributed by atoms with Gasteiger partial charge in [-0.15, -0.1) is 5.10 Å². The zero-order valence-corrected chi connectivity index (χ0v) is 20.5. The lowest BCUT2D eigenvalue weighted by molar-refractivity contribution is -0.141. The van der Waals surface area contributed by atoms with Crippen LogP contribution in [-0.4, -0.2) is 24.0 Å². The van der Waals surface area contributed by atoms with Gasteiger partial charge in [-0.2, -0.15) is 17.7 Å². The first-order valence-corrected chi connectivity index (χ1v) is 11.6. The van der Waals surface area contributed by atoms with Crippen LogP contribution in [-0.2, 0) is 19.8 Å². The van der Waals surface area contributed by atoms with Gasteiger partial charge in [0.25, 0.3) is 5.56 Å². The van der Waals surface area contributed by atoms with Gasteiger partial charge in [-0.1, -0.05) is 53.5 Å². The third-order valence-corrected chi connectivity index (χ3v) is 6.32. The molecule has 0 radical (unpaired) electrons. The summed E-state index contributed by atoms with van der Waals surface area (Å²) in [6, 6.07) is 15.5. The van der Waals surface area contributed by atoms with Crippen molar-refractivity contribution in [3.05, 3.63) is 109 Å².